The first-order valence-electron chi connectivity index (χ1n) is 9.94. The molecule has 0 spiro atoms. The van der Waals surface area contributed by atoms with Gasteiger partial charge in [0.1, 0.15) is 17.2 Å². The molecule has 158 valence electrons. The molecule has 0 unspecified atom stereocenters. The second-order valence-corrected chi connectivity index (χ2v) is 7.47. The lowest BCUT2D eigenvalue weighted by Crippen LogP contribution is -2.33. The SMILES string of the molecule is COc1ccc(O)c(C2=NN3[C@H](C2)c2cccc(OC)c2O[C@H]3c2ccc(O)cc2)c1. The van der Waals surface area contributed by atoms with Crippen LogP contribution in [0.5, 0.6) is 28.7 Å². The molecule has 3 aromatic rings. The third-order valence-corrected chi connectivity index (χ3v) is 5.69. The lowest BCUT2D eigenvalue weighted by atomic mass is 9.95. The molecule has 2 N–H and O–H groups in total. The van der Waals surface area contributed by atoms with Crippen molar-refractivity contribution in [2.75, 3.05) is 14.2 Å². The summed E-state index contributed by atoms with van der Waals surface area (Å²) in [6.07, 6.45) is 0.0680. The Balaban J connectivity index is 1.63. The Hall–Kier alpha value is -3.87. The lowest BCUT2D eigenvalue weighted by Gasteiger charge is -2.38. The van der Waals surface area contributed by atoms with E-state index in [1.807, 2.05) is 35.3 Å². The van der Waals surface area contributed by atoms with Crippen LogP contribution >= 0.6 is 0 Å². The molecule has 3 aromatic carbocycles. The van der Waals surface area contributed by atoms with E-state index in [2.05, 4.69) is 0 Å². The van der Waals surface area contributed by atoms with E-state index in [0.29, 0.717) is 29.2 Å². The van der Waals surface area contributed by atoms with Gasteiger partial charge in [0, 0.05) is 23.1 Å². The van der Waals surface area contributed by atoms with E-state index < -0.39 is 6.23 Å². The minimum atomic E-state index is -0.514. The fourth-order valence-electron chi connectivity index (χ4n) is 4.14. The Labute approximate surface area is 179 Å². The molecule has 0 amide bonds. The Bertz CT molecular complexity index is 1160. The first kappa shape index (κ1) is 19.1. The number of aromatic hydroxyl groups is 2. The van der Waals surface area contributed by atoms with E-state index in [9.17, 15) is 10.2 Å². The molecule has 0 saturated heterocycles. The van der Waals surface area contributed by atoms with Crippen LogP contribution in [0.3, 0.4) is 0 Å². The summed E-state index contributed by atoms with van der Waals surface area (Å²) < 4.78 is 17.3. The number of hydrogen-bond acceptors (Lipinski definition) is 7. The molecule has 0 aromatic heterocycles. The number of phenols is 2. The monoisotopic (exact) mass is 418 g/mol. The fourth-order valence-corrected chi connectivity index (χ4v) is 4.14. The topological polar surface area (TPSA) is 83.8 Å². The summed E-state index contributed by atoms with van der Waals surface area (Å²) in [6, 6.07) is 17.7. The van der Waals surface area contributed by atoms with Crippen LogP contribution < -0.4 is 14.2 Å². The summed E-state index contributed by atoms with van der Waals surface area (Å²) in [4.78, 5) is 0. The number of phenolic OH excluding ortho intramolecular Hbond substituents is 2. The van der Waals surface area contributed by atoms with Gasteiger partial charge in [0.2, 0.25) is 6.23 Å². The number of para-hydroxylation sites is 1. The lowest BCUT2D eigenvalue weighted by molar-refractivity contribution is -0.0209. The average molecular weight is 418 g/mol. The minimum Gasteiger partial charge on any atom is -0.508 e. The summed E-state index contributed by atoms with van der Waals surface area (Å²) in [6.45, 7) is 0. The summed E-state index contributed by atoms with van der Waals surface area (Å²) in [5.74, 6) is 2.30. The zero-order chi connectivity index (χ0) is 21.5. The van der Waals surface area contributed by atoms with Crippen LogP contribution in [0.25, 0.3) is 0 Å². The molecule has 31 heavy (non-hydrogen) atoms. The van der Waals surface area contributed by atoms with Crippen LogP contribution in [0.4, 0.5) is 0 Å². The van der Waals surface area contributed by atoms with Crippen LogP contribution in [0.1, 0.15) is 35.4 Å². The van der Waals surface area contributed by atoms with Gasteiger partial charge >= 0.3 is 0 Å². The second-order valence-electron chi connectivity index (χ2n) is 7.47. The molecule has 7 nitrogen and oxygen atoms in total. The zero-order valence-corrected chi connectivity index (χ0v) is 17.1. The Morgan fingerprint density at radius 1 is 1.00 bits per heavy atom. The predicted octanol–water partition coefficient (Wildman–Crippen LogP) is 4.36. The third kappa shape index (κ3) is 3.18. The molecule has 0 fully saturated rings. The summed E-state index contributed by atoms with van der Waals surface area (Å²) in [5, 5.41) is 27.0. The van der Waals surface area contributed by atoms with Crippen LogP contribution in [0.2, 0.25) is 0 Å². The number of nitrogens with zero attached hydrogens (tertiary/aromatic N) is 2. The molecule has 0 aliphatic carbocycles. The molecule has 2 atom stereocenters. The molecule has 5 rings (SSSR count). The Kier molecular flexibility index (Phi) is 4.58. The number of methoxy groups -OCH3 is 2. The van der Waals surface area contributed by atoms with Gasteiger partial charge in [0.15, 0.2) is 11.5 Å². The molecule has 0 radical (unpaired) electrons. The number of rotatable bonds is 4. The molecule has 2 aliphatic rings. The van der Waals surface area contributed by atoms with Crippen molar-refractivity contribution in [3.63, 3.8) is 0 Å². The largest absolute Gasteiger partial charge is 0.508 e. The highest BCUT2D eigenvalue weighted by Crippen LogP contribution is 2.51. The Morgan fingerprint density at radius 3 is 2.55 bits per heavy atom. The standard InChI is InChI=1S/C24H22N2O5/c1-29-16-10-11-21(28)18(12-16)19-13-20-17-4-3-5-22(30-2)23(17)31-24(26(20)25-19)14-6-8-15(27)9-7-14/h3-12,20,24,27-28H,13H2,1-2H3/t20-,24+/m1/s1. The maximum absolute atomic E-state index is 10.5. The predicted molar refractivity (Wildman–Crippen MR) is 115 cm³/mol. The van der Waals surface area contributed by atoms with Gasteiger partial charge in [-0.1, -0.05) is 12.1 Å². The van der Waals surface area contributed by atoms with E-state index in [0.717, 1.165) is 16.8 Å². The molecule has 2 aliphatic heterocycles. The van der Waals surface area contributed by atoms with Crippen molar-refractivity contribution < 1.29 is 24.4 Å². The highest BCUT2D eigenvalue weighted by molar-refractivity contribution is 6.04. The maximum atomic E-state index is 10.5. The highest BCUT2D eigenvalue weighted by atomic mass is 16.5. The fraction of sp³-hybridized carbons (Fsp3) is 0.208. The molecule has 2 heterocycles. The van der Waals surface area contributed by atoms with Crippen molar-refractivity contribution in [2.24, 2.45) is 5.10 Å². The molecular formula is C24H22N2O5. The van der Waals surface area contributed by atoms with Gasteiger partial charge in [-0.15, -0.1) is 0 Å². The number of fused-ring (bicyclic) bond motifs is 3. The highest BCUT2D eigenvalue weighted by Gasteiger charge is 2.42. The zero-order valence-electron chi connectivity index (χ0n) is 17.1. The molecule has 0 saturated carbocycles. The van der Waals surface area contributed by atoms with Gasteiger partial charge in [0.05, 0.1) is 26.0 Å². The van der Waals surface area contributed by atoms with Crippen molar-refractivity contribution in [3.05, 3.63) is 77.4 Å². The van der Waals surface area contributed by atoms with Crippen LogP contribution in [0.15, 0.2) is 65.8 Å². The van der Waals surface area contributed by atoms with Crippen molar-refractivity contribution in [1.82, 2.24) is 5.01 Å². The van der Waals surface area contributed by atoms with Gasteiger partial charge in [-0.2, -0.15) is 5.10 Å². The normalized spacial score (nSPS) is 19.2. The van der Waals surface area contributed by atoms with E-state index in [4.69, 9.17) is 19.3 Å². The average Bonchev–Trinajstić information content (AvgIpc) is 3.24. The van der Waals surface area contributed by atoms with Crippen LogP contribution in [-0.4, -0.2) is 35.2 Å². The first-order valence-corrected chi connectivity index (χ1v) is 9.94. The van der Waals surface area contributed by atoms with Gasteiger partial charge in [-0.05, 0) is 48.5 Å². The number of benzene rings is 3. The summed E-state index contributed by atoms with van der Waals surface area (Å²) >= 11 is 0. The summed E-state index contributed by atoms with van der Waals surface area (Å²) in [5.41, 5.74) is 3.18. The van der Waals surface area contributed by atoms with Crippen molar-refractivity contribution in [1.29, 1.82) is 0 Å². The van der Waals surface area contributed by atoms with Gasteiger partial charge < -0.3 is 24.4 Å². The minimum absolute atomic E-state index is 0.0988. The van der Waals surface area contributed by atoms with Crippen molar-refractivity contribution in [3.8, 4) is 28.7 Å². The van der Waals surface area contributed by atoms with Crippen molar-refractivity contribution >= 4 is 5.71 Å². The quantitative estimate of drug-likeness (QED) is 0.655. The smallest absolute Gasteiger partial charge is 0.214 e. The Morgan fingerprint density at radius 2 is 1.81 bits per heavy atom. The molecular weight excluding hydrogens is 396 g/mol. The first-order chi connectivity index (χ1) is 15.1. The van der Waals surface area contributed by atoms with Gasteiger partial charge in [-0.25, -0.2) is 5.01 Å². The van der Waals surface area contributed by atoms with Gasteiger partial charge in [-0.3, -0.25) is 0 Å². The van der Waals surface area contributed by atoms with E-state index >= 15 is 0 Å². The van der Waals surface area contributed by atoms with Crippen molar-refractivity contribution in [2.45, 2.75) is 18.7 Å². The molecule has 0 bridgehead atoms. The molecule has 7 heteroatoms. The van der Waals surface area contributed by atoms with Crippen LogP contribution in [-0.2, 0) is 0 Å². The van der Waals surface area contributed by atoms with E-state index in [1.54, 1.807) is 44.6 Å². The van der Waals surface area contributed by atoms with E-state index in [-0.39, 0.29) is 17.5 Å². The summed E-state index contributed by atoms with van der Waals surface area (Å²) in [7, 11) is 3.21. The number of ether oxygens (including phenoxy) is 3. The second kappa shape index (κ2) is 7.43. The maximum Gasteiger partial charge on any atom is 0.214 e. The van der Waals surface area contributed by atoms with E-state index in [1.165, 1.54) is 0 Å². The van der Waals surface area contributed by atoms with Gasteiger partial charge in [0.25, 0.3) is 0 Å². The number of hydrazone groups is 1. The third-order valence-electron chi connectivity index (χ3n) is 5.69. The van der Waals surface area contributed by atoms with Crippen LogP contribution in [0, 0.1) is 0 Å². The number of hydrogen-bond donors (Lipinski definition) is 2.